The number of nitrogens with zero attached hydrogens (tertiary/aromatic N) is 1. The minimum Gasteiger partial charge on any atom is -0.384 e. The zero-order valence-corrected chi connectivity index (χ0v) is 11.3. The summed E-state index contributed by atoms with van der Waals surface area (Å²) in [7, 11) is 0. The molecule has 1 aliphatic heterocycles. The molecule has 1 heterocycles. The Balaban J connectivity index is 2.22. The second kappa shape index (κ2) is 5.06. The lowest BCUT2D eigenvalue weighted by atomic mass is 10.1. The van der Waals surface area contributed by atoms with Crippen LogP contribution in [-0.2, 0) is 4.74 Å². The molecule has 1 aliphatic rings. The Morgan fingerprint density at radius 1 is 1.59 bits per heavy atom. The van der Waals surface area contributed by atoms with Crippen molar-refractivity contribution in [2.75, 3.05) is 24.6 Å². The zero-order chi connectivity index (χ0) is 12.4. The molecule has 1 aromatic carbocycles. The molecule has 1 atom stereocenters. The Labute approximate surface area is 109 Å². The van der Waals surface area contributed by atoms with Gasteiger partial charge in [0.1, 0.15) is 5.84 Å². The zero-order valence-electron chi connectivity index (χ0n) is 9.74. The van der Waals surface area contributed by atoms with Crippen LogP contribution in [0.25, 0.3) is 0 Å². The fourth-order valence-corrected chi connectivity index (χ4v) is 2.55. The van der Waals surface area contributed by atoms with Gasteiger partial charge in [0, 0.05) is 28.8 Å². The smallest absolute Gasteiger partial charge is 0.123 e. The van der Waals surface area contributed by atoms with Crippen LogP contribution >= 0.6 is 15.9 Å². The van der Waals surface area contributed by atoms with Gasteiger partial charge in [0.25, 0.3) is 0 Å². The number of rotatable bonds is 2. The molecular weight excluding hydrogens is 282 g/mol. The van der Waals surface area contributed by atoms with Crippen molar-refractivity contribution >= 4 is 27.5 Å². The van der Waals surface area contributed by atoms with Gasteiger partial charge in [-0.3, -0.25) is 5.41 Å². The molecule has 3 N–H and O–H groups in total. The van der Waals surface area contributed by atoms with Crippen LogP contribution in [0.3, 0.4) is 0 Å². The maximum Gasteiger partial charge on any atom is 0.123 e. The molecular formula is C12H16BrN3O. The van der Waals surface area contributed by atoms with Crippen molar-refractivity contribution in [3.63, 3.8) is 0 Å². The third-order valence-corrected chi connectivity index (χ3v) is 3.51. The normalized spacial score (nSPS) is 20.4. The highest BCUT2D eigenvalue weighted by molar-refractivity contribution is 9.10. The number of nitrogens with one attached hydrogen (secondary N) is 1. The summed E-state index contributed by atoms with van der Waals surface area (Å²) >= 11 is 3.45. The predicted molar refractivity (Wildman–Crippen MR) is 72.8 cm³/mol. The number of nitrogen functional groups attached to an aromatic ring is 1. The van der Waals surface area contributed by atoms with Crippen LogP contribution in [0.1, 0.15) is 12.5 Å². The van der Waals surface area contributed by atoms with E-state index in [1.807, 2.05) is 18.2 Å². The fourth-order valence-electron chi connectivity index (χ4n) is 1.97. The van der Waals surface area contributed by atoms with E-state index in [1.54, 1.807) is 0 Å². The Kier molecular flexibility index (Phi) is 3.69. The van der Waals surface area contributed by atoms with E-state index in [-0.39, 0.29) is 11.9 Å². The first-order valence-electron chi connectivity index (χ1n) is 5.58. The Bertz CT molecular complexity index is 436. The third-order valence-electron chi connectivity index (χ3n) is 2.85. The quantitative estimate of drug-likeness (QED) is 0.648. The van der Waals surface area contributed by atoms with Crippen LogP contribution in [0.15, 0.2) is 22.7 Å². The molecule has 1 aromatic rings. The topological polar surface area (TPSA) is 62.3 Å². The van der Waals surface area contributed by atoms with Crippen LogP contribution in [0.2, 0.25) is 0 Å². The molecule has 0 amide bonds. The number of hydrogen-bond donors (Lipinski definition) is 2. The van der Waals surface area contributed by atoms with E-state index >= 15 is 0 Å². The van der Waals surface area contributed by atoms with Crippen molar-refractivity contribution in [1.82, 2.24) is 0 Å². The molecule has 4 nitrogen and oxygen atoms in total. The number of nitrogens with two attached hydrogens (primary N) is 1. The molecule has 1 fully saturated rings. The van der Waals surface area contributed by atoms with E-state index in [1.165, 1.54) is 0 Å². The molecule has 0 spiro atoms. The average molecular weight is 298 g/mol. The van der Waals surface area contributed by atoms with Crippen molar-refractivity contribution in [3.8, 4) is 0 Å². The van der Waals surface area contributed by atoms with Gasteiger partial charge in [-0.2, -0.15) is 0 Å². The van der Waals surface area contributed by atoms with Crippen molar-refractivity contribution in [2.24, 2.45) is 5.73 Å². The van der Waals surface area contributed by atoms with Crippen LogP contribution in [0.4, 0.5) is 5.69 Å². The predicted octanol–water partition coefficient (Wildman–Crippen LogP) is 1.96. The molecule has 1 unspecified atom stereocenters. The highest BCUT2D eigenvalue weighted by Crippen LogP contribution is 2.25. The molecule has 0 bridgehead atoms. The third kappa shape index (κ3) is 2.79. The SMILES string of the molecule is CC1CN(c2ccc(C(=N)N)c(Br)c2)CCO1. The highest BCUT2D eigenvalue weighted by Gasteiger charge is 2.17. The minimum absolute atomic E-state index is 0.0822. The van der Waals surface area contributed by atoms with E-state index in [0.29, 0.717) is 0 Å². The molecule has 0 aromatic heterocycles. The summed E-state index contributed by atoms with van der Waals surface area (Å²) in [5.41, 5.74) is 7.35. The number of morpholine rings is 1. The molecule has 0 saturated carbocycles. The van der Waals surface area contributed by atoms with Gasteiger partial charge < -0.3 is 15.4 Å². The number of anilines is 1. The summed E-state index contributed by atoms with van der Waals surface area (Å²) in [5, 5.41) is 7.44. The number of ether oxygens (including phenoxy) is 1. The standard InChI is InChI=1S/C12H16BrN3O/c1-8-7-16(4-5-17-8)9-2-3-10(12(14)15)11(13)6-9/h2-3,6,8H,4-5,7H2,1H3,(H3,14,15). The lowest BCUT2D eigenvalue weighted by Crippen LogP contribution is -2.41. The summed E-state index contributed by atoms with van der Waals surface area (Å²) < 4.78 is 6.38. The largest absolute Gasteiger partial charge is 0.384 e. The van der Waals surface area contributed by atoms with Crippen molar-refractivity contribution in [1.29, 1.82) is 5.41 Å². The maximum absolute atomic E-state index is 7.44. The van der Waals surface area contributed by atoms with Gasteiger partial charge >= 0.3 is 0 Å². The molecule has 0 aliphatic carbocycles. The van der Waals surface area contributed by atoms with Crippen LogP contribution in [-0.4, -0.2) is 31.6 Å². The Morgan fingerprint density at radius 2 is 2.35 bits per heavy atom. The van der Waals surface area contributed by atoms with Crippen LogP contribution in [0, 0.1) is 5.41 Å². The summed E-state index contributed by atoms with van der Waals surface area (Å²) in [4.78, 5) is 2.28. The van der Waals surface area contributed by atoms with E-state index in [9.17, 15) is 0 Å². The number of hydrogen-bond acceptors (Lipinski definition) is 3. The lowest BCUT2D eigenvalue weighted by molar-refractivity contribution is 0.0532. The first-order chi connectivity index (χ1) is 8.08. The molecule has 1 saturated heterocycles. The van der Waals surface area contributed by atoms with Gasteiger partial charge in [0.2, 0.25) is 0 Å². The summed E-state index contributed by atoms with van der Waals surface area (Å²) in [6.45, 7) is 4.63. The van der Waals surface area contributed by atoms with Crippen LogP contribution in [0.5, 0.6) is 0 Å². The number of benzene rings is 1. The van der Waals surface area contributed by atoms with Gasteiger partial charge in [0.15, 0.2) is 0 Å². The van der Waals surface area contributed by atoms with Gasteiger partial charge in [-0.25, -0.2) is 0 Å². The van der Waals surface area contributed by atoms with Crippen molar-refractivity contribution < 1.29 is 4.74 Å². The minimum atomic E-state index is 0.0822. The average Bonchev–Trinajstić information content (AvgIpc) is 2.28. The Hall–Kier alpha value is -1.07. The highest BCUT2D eigenvalue weighted by atomic mass is 79.9. The number of halogens is 1. The monoisotopic (exact) mass is 297 g/mol. The lowest BCUT2D eigenvalue weighted by Gasteiger charge is -2.33. The van der Waals surface area contributed by atoms with Crippen LogP contribution < -0.4 is 10.6 Å². The van der Waals surface area contributed by atoms with Gasteiger partial charge in [-0.1, -0.05) is 0 Å². The summed E-state index contributed by atoms with van der Waals surface area (Å²) in [6.07, 6.45) is 0.259. The molecule has 92 valence electrons. The van der Waals surface area contributed by atoms with Gasteiger partial charge in [0.05, 0.1) is 12.7 Å². The van der Waals surface area contributed by atoms with E-state index in [2.05, 4.69) is 27.8 Å². The van der Waals surface area contributed by atoms with E-state index in [0.717, 1.165) is 35.4 Å². The van der Waals surface area contributed by atoms with Gasteiger partial charge in [-0.15, -0.1) is 0 Å². The fraction of sp³-hybridized carbons (Fsp3) is 0.417. The first-order valence-corrected chi connectivity index (χ1v) is 6.37. The second-order valence-corrected chi connectivity index (χ2v) is 5.06. The maximum atomic E-state index is 7.44. The molecule has 5 heteroatoms. The second-order valence-electron chi connectivity index (χ2n) is 4.21. The summed E-state index contributed by atoms with van der Waals surface area (Å²) in [5.74, 6) is 0.0822. The Morgan fingerprint density at radius 3 is 2.94 bits per heavy atom. The molecule has 0 radical (unpaired) electrons. The van der Waals surface area contributed by atoms with Crippen molar-refractivity contribution in [2.45, 2.75) is 13.0 Å². The van der Waals surface area contributed by atoms with E-state index in [4.69, 9.17) is 15.9 Å². The van der Waals surface area contributed by atoms with E-state index < -0.39 is 0 Å². The number of amidine groups is 1. The van der Waals surface area contributed by atoms with Gasteiger partial charge in [-0.05, 0) is 41.1 Å². The van der Waals surface area contributed by atoms with Crippen molar-refractivity contribution in [3.05, 3.63) is 28.2 Å². The molecule has 17 heavy (non-hydrogen) atoms. The summed E-state index contributed by atoms with van der Waals surface area (Å²) in [6, 6.07) is 5.89. The molecule has 2 rings (SSSR count). The first kappa shape index (κ1) is 12.4.